The highest BCUT2D eigenvalue weighted by molar-refractivity contribution is 7.13. The molecule has 3 rings (SSSR count). The number of para-hydroxylation sites is 1. The molecular weight excluding hydrogens is 424 g/mol. The van der Waals surface area contributed by atoms with Gasteiger partial charge in [0, 0.05) is 34.6 Å². The molecule has 156 valence electrons. The van der Waals surface area contributed by atoms with Crippen molar-refractivity contribution in [2.24, 2.45) is 0 Å². The number of carbonyl (C=O) groups excluding carboxylic acids is 2. The Hall–Kier alpha value is -3.10. The first-order valence-electron chi connectivity index (χ1n) is 9.20. The van der Waals surface area contributed by atoms with Crippen LogP contribution in [0.3, 0.4) is 0 Å². The molecule has 0 saturated heterocycles. The minimum absolute atomic E-state index is 0.0814. The van der Waals surface area contributed by atoms with Crippen LogP contribution in [-0.4, -0.2) is 24.0 Å². The zero-order chi connectivity index (χ0) is 21.3. The molecule has 3 N–H and O–H groups in total. The van der Waals surface area contributed by atoms with Crippen LogP contribution in [0.1, 0.15) is 17.7 Å². The lowest BCUT2D eigenvalue weighted by atomic mass is 10.2. The molecule has 30 heavy (non-hydrogen) atoms. The van der Waals surface area contributed by atoms with Crippen molar-refractivity contribution < 1.29 is 14.3 Å². The largest absolute Gasteiger partial charge is 0.496 e. The Balaban J connectivity index is 1.43. The van der Waals surface area contributed by atoms with Gasteiger partial charge in [-0.25, -0.2) is 9.78 Å². The second kappa shape index (κ2) is 10.6. The molecule has 0 saturated carbocycles. The van der Waals surface area contributed by atoms with Gasteiger partial charge >= 0.3 is 6.03 Å². The Morgan fingerprint density at radius 2 is 1.97 bits per heavy atom. The number of aromatic nitrogens is 1. The number of nitrogens with one attached hydrogen (secondary N) is 3. The number of rotatable bonds is 8. The van der Waals surface area contributed by atoms with Crippen LogP contribution in [0.15, 0.2) is 53.9 Å². The number of carbonyl (C=O) groups is 2. The van der Waals surface area contributed by atoms with E-state index in [1.165, 1.54) is 11.3 Å². The van der Waals surface area contributed by atoms with E-state index in [2.05, 4.69) is 20.9 Å². The number of methoxy groups -OCH3 is 1. The van der Waals surface area contributed by atoms with Crippen molar-refractivity contribution in [1.82, 2.24) is 10.3 Å². The van der Waals surface area contributed by atoms with Crippen molar-refractivity contribution in [2.45, 2.75) is 19.4 Å². The summed E-state index contributed by atoms with van der Waals surface area (Å²) in [5.41, 5.74) is 2.24. The molecule has 0 bridgehead atoms. The van der Waals surface area contributed by atoms with Crippen molar-refractivity contribution in [3.8, 4) is 5.75 Å². The van der Waals surface area contributed by atoms with Gasteiger partial charge in [0.25, 0.3) is 0 Å². The van der Waals surface area contributed by atoms with Crippen LogP contribution < -0.4 is 20.7 Å². The van der Waals surface area contributed by atoms with Crippen molar-refractivity contribution in [3.63, 3.8) is 0 Å². The number of ether oxygens (including phenoxy) is 1. The molecule has 2 aromatic carbocycles. The molecule has 7 nitrogen and oxygen atoms in total. The van der Waals surface area contributed by atoms with Gasteiger partial charge in [-0.1, -0.05) is 35.9 Å². The molecule has 1 aromatic heterocycles. The lowest BCUT2D eigenvalue weighted by molar-refractivity contribution is -0.121. The molecule has 1 heterocycles. The molecule has 3 amide bonds. The third-order valence-electron chi connectivity index (χ3n) is 4.13. The van der Waals surface area contributed by atoms with Gasteiger partial charge in [-0.2, -0.15) is 0 Å². The second-order valence-corrected chi connectivity index (χ2v) is 7.62. The number of amides is 3. The average Bonchev–Trinajstić information content (AvgIpc) is 3.18. The van der Waals surface area contributed by atoms with Crippen LogP contribution in [0, 0.1) is 0 Å². The molecule has 0 aliphatic heterocycles. The third kappa shape index (κ3) is 6.47. The summed E-state index contributed by atoms with van der Waals surface area (Å²) >= 11 is 7.20. The summed E-state index contributed by atoms with van der Waals surface area (Å²) < 4.78 is 5.28. The standard InChI is InChI=1S/C21H21ClN4O3S/c1-29-18-8-3-2-5-14(18)12-23-19(27)10-9-17-13-30-21(25-17)26-20(28)24-16-7-4-6-15(22)11-16/h2-8,11,13H,9-10,12H2,1H3,(H,23,27)(H2,24,25,26,28). The second-order valence-electron chi connectivity index (χ2n) is 6.32. The zero-order valence-electron chi connectivity index (χ0n) is 16.3. The summed E-state index contributed by atoms with van der Waals surface area (Å²) in [7, 11) is 1.60. The van der Waals surface area contributed by atoms with Crippen LogP contribution in [0.2, 0.25) is 5.02 Å². The molecule has 0 radical (unpaired) electrons. The fraction of sp³-hybridized carbons (Fsp3) is 0.190. The van der Waals surface area contributed by atoms with Crippen LogP contribution in [-0.2, 0) is 17.8 Å². The summed E-state index contributed by atoms with van der Waals surface area (Å²) in [4.78, 5) is 28.6. The Labute approximate surface area is 183 Å². The molecule has 0 aliphatic carbocycles. The smallest absolute Gasteiger partial charge is 0.325 e. The van der Waals surface area contributed by atoms with Crippen LogP contribution >= 0.6 is 22.9 Å². The van der Waals surface area contributed by atoms with E-state index in [0.29, 0.717) is 35.2 Å². The van der Waals surface area contributed by atoms with Gasteiger partial charge in [-0.15, -0.1) is 11.3 Å². The summed E-state index contributed by atoms with van der Waals surface area (Å²) in [5.74, 6) is 0.659. The van der Waals surface area contributed by atoms with E-state index < -0.39 is 6.03 Å². The first kappa shape index (κ1) is 21.6. The molecule has 9 heteroatoms. The predicted molar refractivity (Wildman–Crippen MR) is 119 cm³/mol. The third-order valence-corrected chi connectivity index (χ3v) is 5.17. The molecule has 0 fully saturated rings. The first-order chi connectivity index (χ1) is 14.5. The van der Waals surface area contributed by atoms with Crippen molar-refractivity contribution in [2.75, 3.05) is 17.7 Å². The minimum atomic E-state index is -0.410. The van der Waals surface area contributed by atoms with Gasteiger partial charge in [-0.05, 0) is 30.7 Å². The molecule has 0 aliphatic rings. The average molecular weight is 445 g/mol. The van der Waals surface area contributed by atoms with E-state index in [1.54, 1.807) is 31.4 Å². The molecule has 3 aromatic rings. The number of aryl methyl sites for hydroxylation is 1. The maximum atomic E-state index is 12.1. The number of thiazole rings is 1. The molecule has 0 spiro atoms. The Bertz CT molecular complexity index is 1020. The van der Waals surface area contributed by atoms with E-state index in [-0.39, 0.29) is 5.91 Å². The predicted octanol–water partition coefficient (Wildman–Crippen LogP) is 4.70. The summed E-state index contributed by atoms with van der Waals surface area (Å²) in [6, 6.07) is 14.0. The lowest BCUT2D eigenvalue weighted by Gasteiger charge is -2.09. The van der Waals surface area contributed by atoms with Gasteiger partial charge in [0.1, 0.15) is 5.75 Å². The van der Waals surface area contributed by atoms with E-state index in [1.807, 2.05) is 29.6 Å². The fourth-order valence-corrected chi connectivity index (χ4v) is 3.61. The summed E-state index contributed by atoms with van der Waals surface area (Å²) in [6.07, 6.45) is 0.777. The van der Waals surface area contributed by atoms with Crippen LogP contribution in [0.25, 0.3) is 0 Å². The maximum Gasteiger partial charge on any atom is 0.325 e. The number of hydrogen-bond donors (Lipinski definition) is 3. The SMILES string of the molecule is COc1ccccc1CNC(=O)CCc1csc(NC(=O)Nc2cccc(Cl)c2)n1. The zero-order valence-corrected chi connectivity index (χ0v) is 17.8. The van der Waals surface area contributed by atoms with Crippen LogP contribution in [0.5, 0.6) is 5.75 Å². The number of nitrogens with zero attached hydrogens (tertiary/aromatic N) is 1. The first-order valence-corrected chi connectivity index (χ1v) is 10.5. The quantitative estimate of drug-likeness (QED) is 0.469. The van der Waals surface area contributed by atoms with Crippen molar-refractivity contribution >= 4 is 45.7 Å². The normalized spacial score (nSPS) is 10.3. The minimum Gasteiger partial charge on any atom is -0.496 e. The number of anilines is 2. The summed E-state index contributed by atoms with van der Waals surface area (Å²) in [6.45, 7) is 0.399. The van der Waals surface area contributed by atoms with E-state index in [4.69, 9.17) is 16.3 Å². The summed E-state index contributed by atoms with van der Waals surface area (Å²) in [5, 5.41) is 11.1. The lowest BCUT2D eigenvalue weighted by Crippen LogP contribution is -2.23. The van der Waals surface area contributed by atoms with Gasteiger partial charge in [0.15, 0.2) is 5.13 Å². The molecular formula is C21H21ClN4O3S. The van der Waals surface area contributed by atoms with Gasteiger partial charge in [0.05, 0.1) is 12.8 Å². The Kier molecular flexibility index (Phi) is 7.64. The number of benzene rings is 2. The number of urea groups is 1. The van der Waals surface area contributed by atoms with E-state index in [9.17, 15) is 9.59 Å². The van der Waals surface area contributed by atoms with Gasteiger partial charge < -0.3 is 15.4 Å². The molecule has 0 unspecified atom stereocenters. The highest BCUT2D eigenvalue weighted by atomic mass is 35.5. The Morgan fingerprint density at radius 3 is 2.77 bits per heavy atom. The Morgan fingerprint density at radius 1 is 1.13 bits per heavy atom. The topological polar surface area (TPSA) is 92.4 Å². The van der Waals surface area contributed by atoms with Gasteiger partial charge in [0.2, 0.25) is 5.91 Å². The highest BCUT2D eigenvalue weighted by Crippen LogP contribution is 2.19. The number of hydrogen-bond acceptors (Lipinski definition) is 5. The highest BCUT2D eigenvalue weighted by Gasteiger charge is 2.10. The van der Waals surface area contributed by atoms with Gasteiger partial charge in [-0.3, -0.25) is 10.1 Å². The number of halogens is 1. The molecule has 0 atom stereocenters. The van der Waals surface area contributed by atoms with Crippen LogP contribution in [0.4, 0.5) is 15.6 Å². The monoisotopic (exact) mass is 444 g/mol. The van der Waals surface area contributed by atoms with Crippen molar-refractivity contribution in [1.29, 1.82) is 0 Å². The van der Waals surface area contributed by atoms with Crippen molar-refractivity contribution in [3.05, 3.63) is 70.2 Å². The fourth-order valence-electron chi connectivity index (χ4n) is 2.68. The van der Waals surface area contributed by atoms with E-state index in [0.717, 1.165) is 17.0 Å². The maximum absolute atomic E-state index is 12.1. The van der Waals surface area contributed by atoms with E-state index >= 15 is 0 Å².